The molecule has 1 atom stereocenters. The molecule has 0 saturated carbocycles. The second-order valence-corrected chi connectivity index (χ2v) is 9.43. The zero-order chi connectivity index (χ0) is 15.9. The van der Waals surface area contributed by atoms with Crippen LogP contribution in [0.5, 0.6) is 0 Å². The molecule has 0 aromatic heterocycles. The third-order valence-electron chi connectivity index (χ3n) is 3.41. The number of rotatable bonds is 6. The molecule has 1 N–H and O–H groups in total. The van der Waals surface area contributed by atoms with Crippen LogP contribution in [0.4, 0.5) is 0 Å². The summed E-state index contributed by atoms with van der Waals surface area (Å²) in [6.45, 7) is 10.00. The summed E-state index contributed by atoms with van der Waals surface area (Å²) in [4.78, 5) is 6.90. The topological polar surface area (TPSA) is 61.8 Å². The molecule has 0 aliphatic carbocycles. The fourth-order valence-corrected chi connectivity index (χ4v) is 4.16. The van der Waals surface area contributed by atoms with Gasteiger partial charge >= 0.3 is 0 Å². The molecule has 1 rings (SSSR count). The minimum Gasteiger partial charge on any atom is -0.357 e. The first kappa shape index (κ1) is 22.3. The highest BCUT2D eigenvalue weighted by atomic mass is 127. The lowest BCUT2D eigenvalue weighted by Crippen LogP contribution is -2.49. The molecule has 0 spiro atoms. The van der Waals surface area contributed by atoms with Gasteiger partial charge in [-0.25, -0.2) is 8.42 Å². The van der Waals surface area contributed by atoms with Crippen LogP contribution in [0.25, 0.3) is 0 Å². The second-order valence-electron chi connectivity index (χ2n) is 5.82. The van der Waals surface area contributed by atoms with Crippen LogP contribution in [0.1, 0.15) is 27.2 Å². The van der Waals surface area contributed by atoms with Gasteiger partial charge in [0.25, 0.3) is 0 Å². The molecule has 1 unspecified atom stereocenters. The summed E-state index contributed by atoms with van der Waals surface area (Å²) in [6, 6.07) is 0. The van der Waals surface area contributed by atoms with Gasteiger partial charge in [-0.3, -0.25) is 4.99 Å². The summed E-state index contributed by atoms with van der Waals surface area (Å²) >= 11 is 2.04. The standard InChI is InChI=1S/C14H29N3O2S2.HI/c1-5-15-14(16-7-6-10-21(4,18)19)17-8-9-20-13(11-17)12(2)3;/h12-13H,5-11H2,1-4H3,(H,15,16);1H. The first-order valence-corrected chi connectivity index (χ1v) is 10.8. The van der Waals surface area contributed by atoms with E-state index in [1.54, 1.807) is 0 Å². The van der Waals surface area contributed by atoms with Crippen molar-refractivity contribution < 1.29 is 8.42 Å². The van der Waals surface area contributed by atoms with Crippen molar-refractivity contribution in [2.75, 3.05) is 43.9 Å². The molecule has 8 heteroatoms. The van der Waals surface area contributed by atoms with Crippen molar-refractivity contribution in [1.29, 1.82) is 0 Å². The van der Waals surface area contributed by atoms with E-state index in [0.29, 0.717) is 24.1 Å². The minimum atomic E-state index is -2.89. The maximum atomic E-state index is 11.1. The maximum Gasteiger partial charge on any atom is 0.193 e. The Bertz CT molecular complexity index is 441. The average Bonchev–Trinajstić information content (AvgIpc) is 2.41. The lowest BCUT2D eigenvalue weighted by atomic mass is 10.1. The highest BCUT2D eigenvalue weighted by Crippen LogP contribution is 2.24. The van der Waals surface area contributed by atoms with Crippen molar-refractivity contribution in [3.63, 3.8) is 0 Å². The zero-order valence-corrected chi connectivity index (χ0v) is 18.0. The summed E-state index contributed by atoms with van der Waals surface area (Å²) < 4.78 is 22.3. The minimum absolute atomic E-state index is 0. The van der Waals surface area contributed by atoms with E-state index in [0.717, 1.165) is 31.3 Å². The van der Waals surface area contributed by atoms with Gasteiger partial charge in [0, 0.05) is 43.4 Å². The Labute approximate surface area is 157 Å². The highest BCUT2D eigenvalue weighted by molar-refractivity contribution is 14.0. The molecular formula is C14H30IN3O2S2. The second kappa shape index (κ2) is 11.0. The van der Waals surface area contributed by atoms with Crippen LogP contribution < -0.4 is 5.32 Å². The van der Waals surface area contributed by atoms with Gasteiger partial charge in [-0.1, -0.05) is 13.8 Å². The van der Waals surface area contributed by atoms with Crippen molar-refractivity contribution >= 4 is 51.5 Å². The molecule has 132 valence electrons. The lowest BCUT2D eigenvalue weighted by Gasteiger charge is -2.36. The Kier molecular flexibility index (Phi) is 11.1. The number of hydrogen-bond donors (Lipinski definition) is 1. The number of nitrogens with zero attached hydrogens (tertiary/aromatic N) is 2. The van der Waals surface area contributed by atoms with Crippen LogP contribution in [0.3, 0.4) is 0 Å². The third-order valence-corrected chi connectivity index (χ3v) is 5.98. The van der Waals surface area contributed by atoms with E-state index >= 15 is 0 Å². The quantitative estimate of drug-likeness (QED) is 0.283. The monoisotopic (exact) mass is 463 g/mol. The largest absolute Gasteiger partial charge is 0.357 e. The van der Waals surface area contributed by atoms with Gasteiger partial charge in [0.15, 0.2) is 5.96 Å². The molecule has 0 radical (unpaired) electrons. The Morgan fingerprint density at radius 2 is 2.14 bits per heavy atom. The number of sulfone groups is 1. The van der Waals surface area contributed by atoms with E-state index in [2.05, 4.69) is 36.0 Å². The van der Waals surface area contributed by atoms with Crippen LogP contribution in [-0.4, -0.2) is 68.5 Å². The highest BCUT2D eigenvalue weighted by Gasteiger charge is 2.24. The molecule has 0 aromatic carbocycles. The van der Waals surface area contributed by atoms with Crippen molar-refractivity contribution in [2.45, 2.75) is 32.4 Å². The van der Waals surface area contributed by atoms with Crippen molar-refractivity contribution in [2.24, 2.45) is 10.9 Å². The van der Waals surface area contributed by atoms with E-state index in [9.17, 15) is 8.42 Å². The summed E-state index contributed by atoms with van der Waals surface area (Å²) in [5.74, 6) is 2.92. The molecule has 1 heterocycles. The Morgan fingerprint density at radius 1 is 1.45 bits per heavy atom. The molecular weight excluding hydrogens is 433 g/mol. The van der Waals surface area contributed by atoms with Crippen LogP contribution in [0, 0.1) is 5.92 Å². The molecule has 0 aromatic rings. The molecule has 1 fully saturated rings. The third kappa shape index (κ3) is 8.81. The van der Waals surface area contributed by atoms with E-state index in [1.165, 1.54) is 6.26 Å². The van der Waals surface area contributed by atoms with Gasteiger partial charge in [-0.05, 0) is 19.3 Å². The molecule has 1 aliphatic heterocycles. The van der Waals surface area contributed by atoms with Crippen LogP contribution in [0.2, 0.25) is 0 Å². The molecule has 22 heavy (non-hydrogen) atoms. The Morgan fingerprint density at radius 3 is 2.68 bits per heavy atom. The fraction of sp³-hybridized carbons (Fsp3) is 0.929. The van der Waals surface area contributed by atoms with Crippen molar-refractivity contribution in [1.82, 2.24) is 10.2 Å². The summed E-state index contributed by atoms with van der Waals surface area (Å²) in [5, 5.41) is 3.96. The number of nitrogens with one attached hydrogen (secondary N) is 1. The smallest absolute Gasteiger partial charge is 0.193 e. The van der Waals surface area contributed by atoms with E-state index in [-0.39, 0.29) is 29.7 Å². The molecule has 5 nitrogen and oxygen atoms in total. The predicted octanol–water partition coefficient (Wildman–Crippen LogP) is 2.08. The maximum absolute atomic E-state index is 11.1. The van der Waals surface area contributed by atoms with Crippen LogP contribution in [0.15, 0.2) is 4.99 Å². The average molecular weight is 463 g/mol. The van der Waals surface area contributed by atoms with E-state index < -0.39 is 9.84 Å². The summed E-state index contributed by atoms with van der Waals surface area (Å²) in [5.41, 5.74) is 0. The van der Waals surface area contributed by atoms with Gasteiger partial charge in [-0.2, -0.15) is 11.8 Å². The number of aliphatic imine (C=N–C) groups is 1. The molecule has 0 amide bonds. The first-order valence-electron chi connectivity index (χ1n) is 7.66. The Balaban J connectivity index is 0.00000441. The number of guanidine groups is 1. The number of halogens is 1. The van der Waals surface area contributed by atoms with Crippen LogP contribution >= 0.6 is 35.7 Å². The van der Waals surface area contributed by atoms with E-state index in [1.807, 2.05) is 11.8 Å². The molecule has 1 aliphatic rings. The van der Waals surface area contributed by atoms with Crippen LogP contribution in [-0.2, 0) is 9.84 Å². The zero-order valence-electron chi connectivity index (χ0n) is 14.0. The van der Waals surface area contributed by atoms with Gasteiger partial charge in [0.05, 0.1) is 5.75 Å². The van der Waals surface area contributed by atoms with E-state index in [4.69, 9.17) is 0 Å². The normalized spacial score (nSPS) is 20.0. The van der Waals surface area contributed by atoms with Gasteiger partial charge in [0.2, 0.25) is 0 Å². The summed E-state index contributed by atoms with van der Waals surface area (Å²) in [7, 11) is -2.89. The SMILES string of the molecule is CCNC(=NCCCS(C)(=O)=O)N1CCSC(C(C)C)C1.I. The molecule has 0 bridgehead atoms. The van der Waals surface area contributed by atoms with Gasteiger partial charge < -0.3 is 10.2 Å². The number of hydrogen-bond acceptors (Lipinski definition) is 4. The van der Waals surface area contributed by atoms with Crippen molar-refractivity contribution in [3.05, 3.63) is 0 Å². The fourth-order valence-electron chi connectivity index (χ4n) is 2.21. The lowest BCUT2D eigenvalue weighted by molar-refractivity contribution is 0.381. The Hall–Kier alpha value is 0.300. The predicted molar refractivity (Wildman–Crippen MR) is 108 cm³/mol. The molecule has 1 saturated heterocycles. The summed E-state index contributed by atoms with van der Waals surface area (Å²) in [6.07, 6.45) is 1.86. The van der Waals surface area contributed by atoms with Crippen molar-refractivity contribution in [3.8, 4) is 0 Å². The number of thioether (sulfide) groups is 1. The first-order chi connectivity index (χ1) is 9.83. The van der Waals surface area contributed by atoms with Gasteiger partial charge in [-0.15, -0.1) is 24.0 Å². The van der Waals surface area contributed by atoms with Gasteiger partial charge in [0.1, 0.15) is 9.84 Å².